The van der Waals surface area contributed by atoms with Crippen LogP contribution in [0.15, 0.2) is 30.6 Å². The van der Waals surface area contributed by atoms with E-state index in [1.807, 2.05) is 40.7 Å². The smallest absolute Gasteiger partial charge is 0.226 e. The molecule has 1 aliphatic rings. The van der Waals surface area contributed by atoms with Crippen molar-refractivity contribution in [3.05, 3.63) is 30.6 Å². The first-order chi connectivity index (χ1) is 15.0. The third kappa shape index (κ3) is 4.73. The molecule has 3 heterocycles. The van der Waals surface area contributed by atoms with E-state index in [0.29, 0.717) is 49.0 Å². The molecule has 2 amide bonds. The number of fused-ring (bicyclic) bond motifs is 1. The summed E-state index contributed by atoms with van der Waals surface area (Å²) < 4.78 is 1.95. The molecule has 3 N–H and O–H groups in total. The van der Waals surface area contributed by atoms with Crippen molar-refractivity contribution in [1.82, 2.24) is 24.4 Å². The van der Waals surface area contributed by atoms with Crippen LogP contribution in [0.3, 0.4) is 0 Å². The van der Waals surface area contributed by atoms with E-state index in [-0.39, 0.29) is 11.8 Å². The zero-order chi connectivity index (χ0) is 21.8. The molecule has 31 heavy (non-hydrogen) atoms. The highest BCUT2D eigenvalue weighted by Crippen LogP contribution is 2.25. The maximum Gasteiger partial charge on any atom is 0.226 e. The summed E-state index contributed by atoms with van der Waals surface area (Å²) in [6, 6.07) is 7.36. The van der Waals surface area contributed by atoms with Gasteiger partial charge in [-0.2, -0.15) is 9.97 Å². The van der Waals surface area contributed by atoms with E-state index in [4.69, 9.17) is 0 Å². The zero-order valence-electron chi connectivity index (χ0n) is 17.7. The molecule has 1 saturated heterocycles. The second kappa shape index (κ2) is 8.99. The number of likely N-dealkylation sites (tertiary alicyclic amines) is 1. The Bertz CT molecular complexity index is 1090. The molecule has 0 unspecified atom stereocenters. The molecular weight excluding hydrogens is 396 g/mol. The van der Waals surface area contributed by atoms with E-state index in [1.54, 1.807) is 6.33 Å². The second-order valence-electron chi connectivity index (χ2n) is 7.40. The van der Waals surface area contributed by atoms with Gasteiger partial charge < -0.3 is 25.4 Å². The van der Waals surface area contributed by atoms with Crippen molar-refractivity contribution in [2.24, 2.45) is 0 Å². The molecule has 0 aliphatic carbocycles. The van der Waals surface area contributed by atoms with Gasteiger partial charge in [0.05, 0.1) is 6.33 Å². The van der Waals surface area contributed by atoms with Gasteiger partial charge in [-0.05, 0) is 37.6 Å². The number of amides is 2. The highest BCUT2D eigenvalue weighted by Gasteiger charge is 2.20. The van der Waals surface area contributed by atoms with Gasteiger partial charge in [0.15, 0.2) is 17.0 Å². The lowest BCUT2D eigenvalue weighted by molar-refractivity contribution is -0.127. The van der Waals surface area contributed by atoms with Crippen LogP contribution in [0.5, 0.6) is 0 Å². The van der Waals surface area contributed by atoms with Crippen LogP contribution in [0.4, 0.5) is 23.1 Å². The summed E-state index contributed by atoms with van der Waals surface area (Å²) in [4.78, 5) is 38.7. The number of aromatic nitrogens is 4. The summed E-state index contributed by atoms with van der Waals surface area (Å²) in [5.74, 6) is 1.18. The fraction of sp³-hybridized carbons (Fsp3) is 0.381. The number of benzene rings is 1. The average Bonchev–Trinajstić information content (AvgIpc) is 3.34. The van der Waals surface area contributed by atoms with Gasteiger partial charge in [-0.15, -0.1) is 0 Å². The maximum atomic E-state index is 11.9. The lowest BCUT2D eigenvalue weighted by atomic mass is 10.2. The summed E-state index contributed by atoms with van der Waals surface area (Å²) in [6.07, 6.45) is 3.29. The molecule has 1 aliphatic heterocycles. The highest BCUT2D eigenvalue weighted by atomic mass is 16.2. The Balaban J connectivity index is 1.59. The molecule has 10 heteroatoms. The van der Waals surface area contributed by atoms with E-state index >= 15 is 0 Å². The molecule has 1 fully saturated rings. The third-order valence-corrected chi connectivity index (χ3v) is 5.05. The number of nitrogens with zero attached hydrogens (tertiary/aromatic N) is 5. The first-order valence-corrected chi connectivity index (χ1v) is 10.4. The molecule has 0 bridgehead atoms. The number of hydrogen-bond donors (Lipinski definition) is 3. The van der Waals surface area contributed by atoms with Crippen LogP contribution in [0.2, 0.25) is 0 Å². The number of anilines is 4. The topological polar surface area (TPSA) is 117 Å². The Morgan fingerprint density at radius 2 is 1.90 bits per heavy atom. The van der Waals surface area contributed by atoms with Crippen molar-refractivity contribution in [2.45, 2.75) is 33.2 Å². The van der Waals surface area contributed by atoms with Crippen molar-refractivity contribution in [3.63, 3.8) is 0 Å². The number of nitrogens with one attached hydrogen (secondary N) is 3. The first-order valence-electron chi connectivity index (χ1n) is 10.4. The summed E-state index contributed by atoms with van der Waals surface area (Å²) in [5.41, 5.74) is 2.89. The SMILES string of the molecule is CCNc1nc(Nc2ccc(NC(C)=O)cc2)c2ncn(CCN3CCCC3=O)c2n1. The molecule has 2 aromatic heterocycles. The predicted octanol–water partition coefficient (Wildman–Crippen LogP) is 2.58. The summed E-state index contributed by atoms with van der Waals surface area (Å²) in [5, 5.41) is 9.21. The largest absolute Gasteiger partial charge is 0.354 e. The molecule has 10 nitrogen and oxygen atoms in total. The minimum absolute atomic E-state index is 0.116. The Labute approximate surface area is 180 Å². The van der Waals surface area contributed by atoms with E-state index in [9.17, 15) is 9.59 Å². The molecular formula is C21H26N8O2. The molecule has 4 rings (SSSR count). The normalized spacial score (nSPS) is 13.6. The Kier molecular flexibility index (Phi) is 5.96. The van der Waals surface area contributed by atoms with Gasteiger partial charge >= 0.3 is 0 Å². The number of imidazole rings is 1. The highest BCUT2D eigenvalue weighted by molar-refractivity contribution is 5.89. The van der Waals surface area contributed by atoms with Crippen LogP contribution in [-0.4, -0.2) is 55.9 Å². The summed E-state index contributed by atoms with van der Waals surface area (Å²) in [6.45, 7) is 6.21. The van der Waals surface area contributed by atoms with Crippen LogP contribution in [0.1, 0.15) is 26.7 Å². The molecule has 0 radical (unpaired) electrons. The van der Waals surface area contributed by atoms with E-state index in [0.717, 1.165) is 24.3 Å². The second-order valence-corrected chi connectivity index (χ2v) is 7.40. The molecule has 0 spiro atoms. The van der Waals surface area contributed by atoms with Crippen LogP contribution in [0, 0.1) is 0 Å². The van der Waals surface area contributed by atoms with Gasteiger partial charge in [-0.1, -0.05) is 0 Å². The number of carbonyl (C=O) groups is 2. The van der Waals surface area contributed by atoms with E-state index < -0.39 is 0 Å². The summed E-state index contributed by atoms with van der Waals surface area (Å²) in [7, 11) is 0. The quantitative estimate of drug-likeness (QED) is 0.511. The monoisotopic (exact) mass is 422 g/mol. The fourth-order valence-electron chi connectivity index (χ4n) is 3.58. The molecule has 162 valence electrons. The Hall–Kier alpha value is -3.69. The number of rotatable bonds is 8. The average molecular weight is 422 g/mol. The van der Waals surface area contributed by atoms with Crippen molar-refractivity contribution in [1.29, 1.82) is 0 Å². The van der Waals surface area contributed by atoms with Crippen LogP contribution >= 0.6 is 0 Å². The van der Waals surface area contributed by atoms with Gasteiger partial charge in [-0.25, -0.2) is 4.98 Å². The van der Waals surface area contributed by atoms with Gasteiger partial charge in [0.2, 0.25) is 17.8 Å². The van der Waals surface area contributed by atoms with Crippen LogP contribution < -0.4 is 16.0 Å². The van der Waals surface area contributed by atoms with Crippen molar-refractivity contribution >= 4 is 46.1 Å². The fourth-order valence-corrected chi connectivity index (χ4v) is 3.58. The first kappa shape index (κ1) is 20.6. The van der Waals surface area contributed by atoms with Crippen molar-refractivity contribution in [3.8, 4) is 0 Å². The van der Waals surface area contributed by atoms with Crippen molar-refractivity contribution < 1.29 is 9.59 Å². The van der Waals surface area contributed by atoms with Gasteiger partial charge in [-0.3, -0.25) is 9.59 Å². The van der Waals surface area contributed by atoms with Crippen LogP contribution in [0.25, 0.3) is 11.2 Å². The predicted molar refractivity (Wildman–Crippen MR) is 119 cm³/mol. The zero-order valence-corrected chi connectivity index (χ0v) is 17.7. The minimum Gasteiger partial charge on any atom is -0.354 e. The van der Waals surface area contributed by atoms with Gasteiger partial charge in [0.25, 0.3) is 0 Å². The third-order valence-electron chi connectivity index (χ3n) is 5.05. The van der Waals surface area contributed by atoms with Crippen LogP contribution in [-0.2, 0) is 16.1 Å². The lowest BCUT2D eigenvalue weighted by Gasteiger charge is -2.16. The molecule has 3 aromatic rings. The Morgan fingerprint density at radius 1 is 1.13 bits per heavy atom. The standard InChI is InChI=1S/C21H26N8O2/c1-3-22-21-26-19(25-16-8-6-15(7-9-16)24-14(2)30)18-20(27-21)29(13-23-18)12-11-28-10-4-5-17(28)31/h6-9,13H,3-5,10-12H2,1-2H3,(H,24,30)(H2,22,25,26,27). The van der Waals surface area contributed by atoms with Gasteiger partial charge in [0, 0.05) is 50.9 Å². The molecule has 0 atom stereocenters. The van der Waals surface area contributed by atoms with E-state index in [1.165, 1.54) is 6.92 Å². The lowest BCUT2D eigenvalue weighted by Crippen LogP contribution is -2.28. The number of hydrogen-bond acceptors (Lipinski definition) is 7. The Morgan fingerprint density at radius 3 is 2.58 bits per heavy atom. The van der Waals surface area contributed by atoms with E-state index in [2.05, 4.69) is 30.9 Å². The van der Waals surface area contributed by atoms with Gasteiger partial charge in [0.1, 0.15) is 0 Å². The number of carbonyl (C=O) groups excluding carboxylic acids is 2. The molecule has 1 aromatic carbocycles. The minimum atomic E-state index is -0.116. The maximum absolute atomic E-state index is 11.9. The van der Waals surface area contributed by atoms with Crippen molar-refractivity contribution in [2.75, 3.05) is 35.6 Å². The molecule has 0 saturated carbocycles. The summed E-state index contributed by atoms with van der Waals surface area (Å²) >= 11 is 0.